The van der Waals surface area contributed by atoms with Crippen LogP contribution in [-0.2, 0) is 11.4 Å². The highest BCUT2D eigenvalue weighted by atomic mass is 32.1. The second-order valence-electron chi connectivity index (χ2n) is 7.04. The lowest BCUT2D eigenvalue weighted by molar-refractivity contribution is -0.111. The molecule has 7 heteroatoms. The van der Waals surface area contributed by atoms with E-state index >= 15 is 0 Å². The highest BCUT2D eigenvalue weighted by Gasteiger charge is 2.10. The first-order chi connectivity index (χ1) is 14.9. The number of anilines is 1. The number of thiazole rings is 1. The van der Waals surface area contributed by atoms with E-state index in [2.05, 4.69) is 10.3 Å². The molecular formula is C24H26N2O4S. The van der Waals surface area contributed by atoms with Gasteiger partial charge < -0.3 is 19.5 Å². The van der Waals surface area contributed by atoms with Crippen molar-refractivity contribution in [1.82, 2.24) is 4.98 Å². The normalized spacial score (nSPS) is 11.0. The van der Waals surface area contributed by atoms with Gasteiger partial charge in [-0.1, -0.05) is 18.2 Å². The Morgan fingerprint density at radius 1 is 1.19 bits per heavy atom. The molecule has 1 N–H and O–H groups in total. The number of para-hydroxylation sites is 1. The van der Waals surface area contributed by atoms with Gasteiger partial charge in [-0.05, 0) is 45.0 Å². The summed E-state index contributed by atoms with van der Waals surface area (Å²) in [4.78, 5) is 17.0. The number of rotatable bonds is 9. The molecule has 1 heterocycles. The Balaban J connectivity index is 1.70. The Hall–Kier alpha value is -3.32. The summed E-state index contributed by atoms with van der Waals surface area (Å²) in [7, 11) is 1.58. The van der Waals surface area contributed by atoms with Crippen LogP contribution in [0.2, 0.25) is 0 Å². The summed E-state index contributed by atoms with van der Waals surface area (Å²) in [6, 6.07) is 12.9. The van der Waals surface area contributed by atoms with Crippen molar-refractivity contribution in [1.29, 1.82) is 0 Å². The number of amides is 1. The predicted octanol–water partition coefficient (Wildman–Crippen LogP) is 5.48. The average molecular weight is 439 g/mol. The standard InChI is InChI=1S/C24H26N2O4S/c1-16(2)30-23-11-10-20(28-4)13-21(23)26-24(27)12-9-18-7-5-6-8-22(18)29-14-19-15-31-17(3)25-19/h5-13,15-16H,14H2,1-4H3,(H,26,27)/b12-9+. The zero-order valence-electron chi connectivity index (χ0n) is 18.0. The molecule has 0 radical (unpaired) electrons. The molecule has 2 aromatic carbocycles. The molecule has 6 nitrogen and oxygen atoms in total. The van der Waals surface area contributed by atoms with E-state index in [1.54, 1.807) is 42.7 Å². The lowest BCUT2D eigenvalue weighted by Crippen LogP contribution is -2.12. The smallest absolute Gasteiger partial charge is 0.248 e. The number of carbonyl (C=O) groups excluding carboxylic acids is 1. The van der Waals surface area contributed by atoms with E-state index in [1.165, 1.54) is 6.08 Å². The molecule has 0 aliphatic heterocycles. The number of hydrogen-bond acceptors (Lipinski definition) is 6. The first-order valence-corrected chi connectivity index (χ1v) is 10.8. The van der Waals surface area contributed by atoms with Crippen LogP contribution in [0.4, 0.5) is 5.69 Å². The van der Waals surface area contributed by atoms with Gasteiger partial charge in [-0.15, -0.1) is 11.3 Å². The van der Waals surface area contributed by atoms with E-state index in [-0.39, 0.29) is 12.0 Å². The molecule has 0 atom stereocenters. The molecule has 3 aromatic rings. The molecule has 0 aliphatic rings. The van der Waals surface area contributed by atoms with Gasteiger partial charge in [0.05, 0.1) is 29.6 Å². The third-order valence-electron chi connectivity index (χ3n) is 4.18. The third-order valence-corrected chi connectivity index (χ3v) is 5.01. The van der Waals surface area contributed by atoms with Crippen LogP contribution in [0.5, 0.6) is 17.2 Å². The predicted molar refractivity (Wildman–Crippen MR) is 124 cm³/mol. The van der Waals surface area contributed by atoms with Gasteiger partial charge in [0.15, 0.2) is 0 Å². The van der Waals surface area contributed by atoms with Crippen LogP contribution in [0, 0.1) is 6.92 Å². The minimum Gasteiger partial charge on any atom is -0.497 e. The average Bonchev–Trinajstić information content (AvgIpc) is 3.17. The van der Waals surface area contributed by atoms with Crippen molar-refractivity contribution in [3.8, 4) is 17.2 Å². The number of carbonyl (C=O) groups is 1. The van der Waals surface area contributed by atoms with Crippen LogP contribution in [0.3, 0.4) is 0 Å². The maximum absolute atomic E-state index is 12.6. The van der Waals surface area contributed by atoms with E-state index in [9.17, 15) is 4.79 Å². The van der Waals surface area contributed by atoms with Crippen molar-refractivity contribution in [2.24, 2.45) is 0 Å². The van der Waals surface area contributed by atoms with E-state index < -0.39 is 0 Å². The number of benzene rings is 2. The molecule has 0 unspecified atom stereocenters. The minimum absolute atomic E-state index is 0.0230. The van der Waals surface area contributed by atoms with Crippen molar-refractivity contribution >= 4 is 29.0 Å². The van der Waals surface area contributed by atoms with Crippen molar-refractivity contribution < 1.29 is 19.0 Å². The van der Waals surface area contributed by atoms with Gasteiger partial charge in [-0.2, -0.15) is 0 Å². The number of aromatic nitrogens is 1. The van der Waals surface area contributed by atoms with Gasteiger partial charge in [-0.25, -0.2) is 4.98 Å². The number of hydrogen-bond donors (Lipinski definition) is 1. The monoisotopic (exact) mass is 438 g/mol. The third kappa shape index (κ3) is 6.58. The van der Waals surface area contributed by atoms with Gasteiger partial charge in [-0.3, -0.25) is 4.79 Å². The van der Waals surface area contributed by atoms with Gasteiger partial charge in [0.1, 0.15) is 23.9 Å². The number of methoxy groups -OCH3 is 1. The van der Waals surface area contributed by atoms with Crippen LogP contribution in [0.15, 0.2) is 53.9 Å². The Morgan fingerprint density at radius 2 is 2.00 bits per heavy atom. The summed E-state index contributed by atoms with van der Waals surface area (Å²) < 4.78 is 16.9. The zero-order chi connectivity index (χ0) is 22.2. The molecular weight excluding hydrogens is 412 g/mol. The second-order valence-corrected chi connectivity index (χ2v) is 8.10. The van der Waals surface area contributed by atoms with Crippen molar-refractivity contribution in [2.45, 2.75) is 33.5 Å². The molecule has 3 rings (SSSR count). The number of nitrogens with zero attached hydrogens (tertiary/aromatic N) is 1. The van der Waals surface area contributed by atoms with Crippen LogP contribution >= 0.6 is 11.3 Å². The van der Waals surface area contributed by atoms with Crippen molar-refractivity contribution in [2.75, 3.05) is 12.4 Å². The summed E-state index contributed by atoms with van der Waals surface area (Å²) in [5.74, 6) is 1.61. The Labute approximate surface area is 186 Å². The first-order valence-electron chi connectivity index (χ1n) is 9.91. The fourth-order valence-corrected chi connectivity index (χ4v) is 3.40. The fraction of sp³-hybridized carbons (Fsp3) is 0.250. The van der Waals surface area contributed by atoms with Crippen LogP contribution in [0.25, 0.3) is 6.08 Å². The second kappa shape index (κ2) is 10.6. The molecule has 1 aromatic heterocycles. The van der Waals surface area contributed by atoms with E-state index in [0.717, 1.165) is 16.3 Å². The van der Waals surface area contributed by atoms with Gasteiger partial charge in [0.2, 0.25) is 5.91 Å². The molecule has 0 bridgehead atoms. The van der Waals surface area contributed by atoms with Gasteiger partial charge >= 0.3 is 0 Å². The summed E-state index contributed by atoms with van der Waals surface area (Å²) in [6.45, 7) is 6.20. The van der Waals surface area contributed by atoms with Gasteiger partial charge in [0.25, 0.3) is 0 Å². The molecule has 31 heavy (non-hydrogen) atoms. The number of ether oxygens (including phenoxy) is 3. The molecule has 0 spiro atoms. The van der Waals surface area contributed by atoms with Crippen LogP contribution < -0.4 is 19.5 Å². The van der Waals surface area contributed by atoms with E-state index in [1.807, 2.05) is 50.4 Å². The minimum atomic E-state index is -0.285. The van der Waals surface area contributed by atoms with E-state index in [4.69, 9.17) is 14.2 Å². The number of aryl methyl sites for hydroxylation is 1. The summed E-state index contributed by atoms with van der Waals surface area (Å²) in [6.07, 6.45) is 3.17. The maximum atomic E-state index is 12.6. The Morgan fingerprint density at radius 3 is 2.71 bits per heavy atom. The molecule has 0 saturated heterocycles. The van der Waals surface area contributed by atoms with Crippen molar-refractivity contribution in [3.63, 3.8) is 0 Å². The lowest BCUT2D eigenvalue weighted by atomic mass is 10.2. The maximum Gasteiger partial charge on any atom is 0.248 e. The highest BCUT2D eigenvalue weighted by molar-refractivity contribution is 7.09. The first kappa shape index (κ1) is 22.4. The van der Waals surface area contributed by atoms with Crippen LogP contribution in [0.1, 0.15) is 30.1 Å². The van der Waals surface area contributed by atoms with Gasteiger partial charge in [0, 0.05) is 23.1 Å². The SMILES string of the molecule is COc1ccc(OC(C)C)c(NC(=O)/C=C/c2ccccc2OCc2csc(C)n2)c1. The number of nitrogens with one attached hydrogen (secondary N) is 1. The Bertz CT molecular complexity index is 1060. The fourth-order valence-electron chi connectivity index (χ4n) is 2.81. The Kier molecular flexibility index (Phi) is 7.67. The summed E-state index contributed by atoms with van der Waals surface area (Å²) in [5.41, 5.74) is 2.23. The lowest BCUT2D eigenvalue weighted by Gasteiger charge is -2.15. The topological polar surface area (TPSA) is 69.7 Å². The molecule has 1 amide bonds. The molecule has 0 saturated carbocycles. The molecule has 162 valence electrons. The van der Waals surface area contributed by atoms with Crippen LogP contribution in [-0.4, -0.2) is 24.1 Å². The molecule has 0 aliphatic carbocycles. The van der Waals surface area contributed by atoms with E-state index in [0.29, 0.717) is 29.5 Å². The zero-order valence-corrected chi connectivity index (χ0v) is 18.9. The quantitative estimate of drug-likeness (QED) is 0.448. The van der Waals surface area contributed by atoms with Crippen molar-refractivity contribution in [3.05, 3.63) is 70.2 Å². The molecule has 0 fully saturated rings. The largest absolute Gasteiger partial charge is 0.497 e. The summed E-state index contributed by atoms with van der Waals surface area (Å²) in [5, 5.41) is 5.84. The highest BCUT2D eigenvalue weighted by Crippen LogP contribution is 2.30. The summed E-state index contributed by atoms with van der Waals surface area (Å²) >= 11 is 1.59.